The molecule has 0 atom stereocenters. The maximum atomic E-state index is 13.3. The number of morpholine rings is 1. The van der Waals surface area contributed by atoms with Gasteiger partial charge in [0.25, 0.3) is 10.0 Å². The Morgan fingerprint density at radius 1 is 1.13 bits per heavy atom. The second-order valence-corrected chi connectivity index (χ2v) is 10.4. The summed E-state index contributed by atoms with van der Waals surface area (Å²) in [5.41, 5.74) is 3.54. The highest BCUT2D eigenvalue weighted by atomic mass is 32.2. The number of amides is 1. The van der Waals surface area contributed by atoms with Gasteiger partial charge >= 0.3 is 0 Å². The lowest BCUT2D eigenvalue weighted by Gasteiger charge is -2.26. The van der Waals surface area contributed by atoms with E-state index in [4.69, 9.17) is 4.74 Å². The highest BCUT2D eigenvalue weighted by molar-refractivity contribution is 7.93. The van der Waals surface area contributed by atoms with Crippen LogP contribution in [0.2, 0.25) is 0 Å². The van der Waals surface area contributed by atoms with E-state index in [0.29, 0.717) is 38.5 Å². The lowest BCUT2D eigenvalue weighted by Crippen LogP contribution is -2.42. The van der Waals surface area contributed by atoms with Gasteiger partial charge in [-0.25, -0.2) is 10.4 Å². The zero-order valence-corrected chi connectivity index (χ0v) is 19.1. The molecule has 1 saturated heterocycles. The van der Waals surface area contributed by atoms with Gasteiger partial charge in [-0.3, -0.25) is 4.79 Å². The summed E-state index contributed by atoms with van der Waals surface area (Å²) in [4.78, 5) is 19.9. The quantitative estimate of drug-likeness (QED) is 0.500. The molecule has 0 aliphatic carbocycles. The summed E-state index contributed by atoms with van der Waals surface area (Å²) in [5, 5.41) is 3.94. The van der Waals surface area contributed by atoms with Gasteiger partial charge < -0.3 is 9.64 Å². The van der Waals surface area contributed by atoms with Crippen molar-refractivity contribution in [3.63, 3.8) is 0 Å². The number of aromatic nitrogens is 1. The van der Waals surface area contributed by atoms with Crippen LogP contribution >= 0.6 is 22.7 Å². The number of hydrogen-bond acceptors (Lipinski definition) is 8. The molecule has 1 amide bonds. The lowest BCUT2D eigenvalue weighted by atomic mass is 10.3. The van der Waals surface area contributed by atoms with Gasteiger partial charge in [-0.1, -0.05) is 24.3 Å². The first-order chi connectivity index (χ1) is 15.0. The van der Waals surface area contributed by atoms with Crippen molar-refractivity contribution in [3.8, 4) is 0 Å². The number of carbonyl (C=O) groups is 1. The Hall–Kier alpha value is -2.31. The van der Waals surface area contributed by atoms with Crippen molar-refractivity contribution in [1.82, 2.24) is 15.3 Å². The number of hydrogen-bond donors (Lipinski definition) is 1. The number of ether oxygens (including phenoxy) is 1. The van der Waals surface area contributed by atoms with Crippen LogP contribution in [0.5, 0.6) is 0 Å². The van der Waals surface area contributed by atoms with Crippen molar-refractivity contribution in [2.24, 2.45) is 0 Å². The van der Waals surface area contributed by atoms with Crippen molar-refractivity contribution in [2.45, 2.75) is 17.9 Å². The molecule has 31 heavy (non-hydrogen) atoms. The van der Waals surface area contributed by atoms with E-state index < -0.39 is 10.0 Å². The van der Waals surface area contributed by atoms with Crippen LogP contribution in [-0.4, -0.2) is 50.5 Å². The average molecular weight is 479 g/mol. The number of carbonyl (C=O) groups excluding carboxylic acids is 1. The third-order valence-corrected chi connectivity index (χ3v) is 8.19. The molecule has 0 saturated carbocycles. The van der Waals surface area contributed by atoms with Crippen LogP contribution in [-0.2, 0) is 32.5 Å². The average Bonchev–Trinajstić information content (AvgIpc) is 3.47. The molecular formula is C20H22N4O4S3. The maximum absolute atomic E-state index is 13.3. The van der Waals surface area contributed by atoms with Crippen molar-refractivity contribution in [1.29, 1.82) is 0 Å². The third-order valence-electron chi connectivity index (χ3n) is 4.67. The van der Waals surface area contributed by atoms with Crippen molar-refractivity contribution in [3.05, 3.63) is 63.8 Å². The van der Waals surface area contributed by atoms with Gasteiger partial charge in [-0.15, -0.1) is 22.7 Å². The minimum Gasteiger partial charge on any atom is -0.378 e. The molecule has 1 aliphatic rings. The molecular weight excluding hydrogens is 456 g/mol. The van der Waals surface area contributed by atoms with Crippen LogP contribution in [0.3, 0.4) is 0 Å². The number of thiophene rings is 1. The van der Waals surface area contributed by atoms with E-state index in [-0.39, 0.29) is 22.4 Å². The highest BCUT2D eigenvalue weighted by Crippen LogP contribution is 2.26. The maximum Gasteiger partial charge on any atom is 0.279 e. The number of thiazole rings is 1. The molecule has 1 N–H and O–H groups in total. The van der Waals surface area contributed by atoms with E-state index >= 15 is 0 Å². The molecule has 3 heterocycles. The summed E-state index contributed by atoms with van der Waals surface area (Å²) in [7, 11) is -3.88. The molecule has 164 valence electrons. The van der Waals surface area contributed by atoms with Crippen molar-refractivity contribution >= 4 is 43.7 Å². The van der Waals surface area contributed by atoms with E-state index in [1.807, 2.05) is 17.5 Å². The minimum atomic E-state index is -3.88. The second-order valence-electron chi connectivity index (χ2n) is 6.79. The molecule has 2 aromatic heterocycles. The summed E-state index contributed by atoms with van der Waals surface area (Å²) in [6.45, 7) is 2.53. The lowest BCUT2D eigenvalue weighted by molar-refractivity contribution is -0.134. The van der Waals surface area contributed by atoms with Gasteiger partial charge in [-0.05, 0) is 23.6 Å². The molecule has 0 spiro atoms. The molecule has 1 fully saturated rings. The first-order valence-corrected chi connectivity index (χ1v) is 12.9. The van der Waals surface area contributed by atoms with E-state index in [0.717, 1.165) is 9.29 Å². The van der Waals surface area contributed by atoms with Crippen LogP contribution in [0.4, 0.5) is 5.13 Å². The Balaban J connectivity index is 1.55. The number of anilines is 1. The van der Waals surface area contributed by atoms with Crippen molar-refractivity contribution in [2.75, 3.05) is 30.7 Å². The van der Waals surface area contributed by atoms with Gasteiger partial charge in [-0.2, -0.15) is 12.8 Å². The SMILES string of the molecule is O=C(Cc1csc(N(NCc2cccs2)S(=O)(=O)c2ccccc2)n1)N1CCOCC1. The van der Waals surface area contributed by atoms with Crippen LogP contribution in [0.15, 0.2) is 58.1 Å². The van der Waals surface area contributed by atoms with Gasteiger partial charge in [0, 0.05) is 23.3 Å². The Morgan fingerprint density at radius 3 is 2.61 bits per heavy atom. The molecule has 8 nitrogen and oxygen atoms in total. The minimum absolute atomic E-state index is 0.0378. The molecule has 3 aromatic rings. The third kappa shape index (κ3) is 5.31. The van der Waals surface area contributed by atoms with Crippen LogP contribution in [0.1, 0.15) is 10.6 Å². The van der Waals surface area contributed by atoms with Crippen LogP contribution in [0.25, 0.3) is 0 Å². The standard InChI is InChI=1S/C20H22N4O4S3/c25-19(23-8-10-28-11-9-23)13-16-15-30-20(22-16)24(21-14-17-5-4-12-29-17)31(26,27)18-6-2-1-3-7-18/h1-7,12,15,21H,8-11,13-14H2. The zero-order valence-electron chi connectivity index (χ0n) is 16.6. The van der Waals surface area contributed by atoms with Gasteiger partial charge in [0.15, 0.2) is 0 Å². The Labute approximate surface area is 189 Å². The predicted octanol–water partition coefficient (Wildman–Crippen LogP) is 2.51. The number of nitrogens with zero attached hydrogens (tertiary/aromatic N) is 3. The smallest absolute Gasteiger partial charge is 0.279 e. The van der Waals surface area contributed by atoms with Gasteiger partial charge in [0.05, 0.1) is 36.8 Å². The monoisotopic (exact) mass is 478 g/mol. The van der Waals surface area contributed by atoms with Crippen LogP contribution < -0.4 is 9.84 Å². The summed E-state index contributed by atoms with van der Waals surface area (Å²) in [6.07, 6.45) is 0.126. The second kappa shape index (κ2) is 9.88. The summed E-state index contributed by atoms with van der Waals surface area (Å²) in [5.74, 6) is -0.0378. The summed E-state index contributed by atoms with van der Waals surface area (Å²) in [6, 6.07) is 12.1. The van der Waals surface area contributed by atoms with E-state index in [1.165, 1.54) is 22.7 Å². The summed E-state index contributed by atoms with van der Waals surface area (Å²) < 4.78 is 33.0. The fourth-order valence-electron chi connectivity index (χ4n) is 3.07. The van der Waals surface area contributed by atoms with Crippen molar-refractivity contribution < 1.29 is 17.9 Å². The molecule has 0 bridgehead atoms. The summed E-state index contributed by atoms with van der Waals surface area (Å²) >= 11 is 2.72. The highest BCUT2D eigenvalue weighted by Gasteiger charge is 2.28. The van der Waals surface area contributed by atoms with E-state index in [9.17, 15) is 13.2 Å². The topological polar surface area (TPSA) is 91.8 Å². The predicted molar refractivity (Wildman–Crippen MR) is 120 cm³/mol. The first-order valence-electron chi connectivity index (χ1n) is 9.70. The fraction of sp³-hybridized carbons (Fsp3) is 0.300. The molecule has 4 rings (SSSR count). The largest absolute Gasteiger partial charge is 0.378 e. The number of rotatable bonds is 8. The molecule has 1 aliphatic heterocycles. The van der Waals surface area contributed by atoms with E-state index in [2.05, 4.69) is 10.4 Å². The van der Waals surface area contributed by atoms with E-state index in [1.54, 1.807) is 40.6 Å². The first kappa shape index (κ1) is 21.9. The molecule has 0 unspecified atom stereocenters. The van der Waals surface area contributed by atoms with Gasteiger partial charge in [0.1, 0.15) is 0 Å². The number of sulfonamides is 1. The molecule has 0 radical (unpaired) electrons. The van der Waals surface area contributed by atoms with Gasteiger partial charge in [0.2, 0.25) is 11.0 Å². The molecule has 1 aromatic carbocycles. The Bertz CT molecular complexity index is 1090. The molecule has 11 heteroatoms. The zero-order chi connectivity index (χ0) is 21.7. The number of hydrazine groups is 1. The normalized spacial score (nSPS) is 14.5. The Kier molecular flexibility index (Phi) is 6.98. The Morgan fingerprint density at radius 2 is 1.90 bits per heavy atom. The van der Waals surface area contributed by atoms with Crippen LogP contribution in [0, 0.1) is 0 Å². The number of benzene rings is 1. The fourth-order valence-corrected chi connectivity index (χ4v) is 6.03. The number of nitrogens with one attached hydrogen (secondary N) is 1.